The molecule has 2 aromatic rings. The standard InChI is InChI=1S/C15H20N4OS/c1-12(8-9-13-6-4-3-5-7-13)17-14(20)10-21-15-18-16-11-19(15)2/h3-7,11-12H,8-10H2,1-2H3,(H,17,20)/t12-/m1/s1. The topological polar surface area (TPSA) is 59.8 Å². The molecule has 0 spiro atoms. The molecule has 1 heterocycles. The van der Waals surface area contributed by atoms with Gasteiger partial charge in [-0.1, -0.05) is 42.1 Å². The predicted molar refractivity (Wildman–Crippen MR) is 84.1 cm³/mol. The SMILES string of the molecule is C[C@H](CCc1ccccc1)NC(=O)CSc1nncn1C. The van der Waals surface area contributed by atoms with Gasteiger partial charge in [-0.3, -0.25) is 4.79 Å². The number of amides is 1. The molecule has 0 saturated carbocycles. The molecule has 1 aromatic carbocycles. The van der Waals surface area contributed by atoms with Crippen molar-refractivity contribution in [1.29, 1.82) is 0 Å². The number of carbonyl (C=O) groups is 1. The lowest BCUT2D eigenvalue weighted by Gasteiger charge is -2.13. The quantitative estimate of drug-likeness (QED) is 0.795. The summed E-state index contributed by atoms with van der Waals surface area (Å²) in [4.78, 5) is 11.9. The first-order valence-electron chi connectivity index (χ1n) is 6.95. The second kappa shape index (κ2) is 7.83. The zero-order valence-electron chi connectivity index (χ0n) is 12.3. The summed E-state index contributed by atoms with van der Waals surface area (Å²) in [6.45, 7) is 2.04. The minimum absolute atomic E-state index is 0.0311. The molecule has 0 saturated heterocycles. The fourth-order valence-electron chi connectivity index (χ4n) is 1.95. The fourth-order valence-corrected chi connectivity index (χ4v) is 2.65. The molecule has 112 valence electrons. The van der Waals surface area contributed by atoms with Crippen LogP contribution in [0.4, 0.5) is 0 Å². The van der Waals surface area contributed by atoms with Crippen LogP contribution in [0, 0.1) is 0 Å². The van der Waals surface area contributed by atoms with E-state index in [1.54, 1.807) is 10.9 Å². The molecule has 5 nitrogen and oxygen atoms in total. The van der Waals surface area contributed by atoms with Crippen molar-refractivity contribution in [3.8, 4) is 0 Å². The van der Waals surface area contributed by atoms with Crippen LogP contribution in [0.1, 0.15) is 18.9 Å². The van der Waals surface area contributed by atoms with E-state index < -0.39 is 0 Å². The van der Waals surface area contributed by atoms with E-state index in [4.69, 9.17) is 0 Å². The zero-order valence-corrected chi connectivity index (χ0v) is 13.1. The summed E-state index contributed by atoms with van der Waals surface area (Å²) in [6, 6.07) is 10.5. The summed E-state index contributed by atoms with van der Waals surface area (Å²) in [6.07, 6.45) is 3.53. The summed E-state index contributed by atoms with van der Waals surface area (Å²) in [5, 5.41) is 11.5. The van der Waals surface area contributed by atoms with Crippen molar-refractivity contribution in [1.82, 2.24) is 20.1 Å². The van der Waals surface area contributed by atoms with Gasteiger partial charge in [0.2, 0.25) is 5.91 Å². The molecule has 0 fully saturated rings. The number of aromatic nitrogens is 3. The minimum atomic E-state index is 0.0311. The Morgan fingerprint density at radius 1 is 1.38 bits per heavy atom. The summed E-state index contributed by atoms with van der Waals surface area (Å²) in [5.41, 5.74) is 1.30. The average Bonchev–Trinajstić information content (AvgIpc) is 2.89. The van der Waals surface area contributed by atoms with Crippen LogP contribution < -0.4 is 5.32 Å². The number of hydrogen-bond acceptors (Lipinski definition) is 4. The molecule has 1 aromatic heterocycles. The molecule has 6 heteroatoms. The summed E-state index contributed by atoms with van der Waals surface area (Å²) in [5.74, 6) is 0.394. The zero-order chi connectivity index (χ0) is 15.1. The van der Waals surface area contributed by atoms with Gasteiger partial charge in [0.05, 0.1) is 5.75 Å². The van der Waals surface area contributed by atoms with Crippen molar-refractivity contribution >= 4 is 17.7 Å². The molecular formula is C15H20N4OS. The van der Waals surface area contributed by atoms with Crippen LogP contribution in [0.3, 0.4) is 0 Å². The molecule has 0 radical (unpaired) electrons. The number of aryl methyl sites for hydroxylation is 2. The van der Waals surface area contributed by atoms with Crippen molar-refractivity contribution in [3.05, 3.63) is 42.2 Å². The highest BCUT2D eigenvalue weighted by Gasteiger charge is 2.10. The van der Waals surface area contributed by atoms with E-state index in [0.29, 0.717) is 5.75 Å². The molecule has 1 N–H and O–H groups in total. The van der Waals surface area contributed by atoms with Crippen LogP contribution in [0.15, 0.2) is 41.8 Å². The van der Waals surface area contributed by atoms with Crippen LogP contribution in [0.5, 0.6) is 0 Å². The van der Waals surface area contributed by atoms with E-state index in [9.17, 15) is 4.79 Å². The van der Waals surface area contributed by atoms with Crippen LogP contribution in [0.2, 0.25) is 0 Å². The van der Waals surface area contributed by atoms with E-state index in [0.717, 1.165) is 18.0 Å². The van der Waals surface area contributed by atoms with E-state index in [1.165, 1.54) is 17.3 Å². The molecule has 0 aliphatic carbocycles. The number of nitrogens with zero attached hydrogens (tertiary/aromatic N) is 3. The maximum Gasteiger partial charge on any atom is 0.230 e. The number of benzene rings is 1. The van der Waals surface area contributed by atoms with Gasteiger partial charge in [0.1, 0.15) is 6.33 Å². The van der Waals surface area contributed by atoms with Crippen LogP contribution in [-0.2, 0) is 18.3 Å². The van der Waals surface area contributed by atoms with Gasteiger partial charge in [-0.25, -0.2) is 0 Å². The van der Waals surface area contributed by atoms with Gasteiger partial charge in [-0.15, -0.1) is 10.2 Å². The first kappa shape index (κ1) is 15.6. The molecule has 21 heavy (non-hydrogen) atoms. The lowest BCUT2D eigenvalue weighted by atomic mass is 10.1. The van der Waals surface area contributed by atoms with Crippen LogP contribution in [-0.4, -0.2) is 32.5 Å². The first-order chi connectivity index (χ1) is 10.1. The third-order valence-corrected chi connectivity index (χ3v) is 4.15. The minimum Gasteiger partial charge on any atom is -0.353 e. The molecule has 0 aliphatic heterocycles. The highest BCUT2D eigenvalue weighted by Crippen LogP contribution is 2.12. The molecule has 0 unspecified atom stereocenters. The van der Waals surface area contributed by atoms with Crippen molar-refractivity contribution in [2.75, 3.05) is 5.75 Å². The summed E-state index contributed by atoms with van der Waals surface area (Å²) in [7, 11) is 1.86. The Hall–Kier alpha value is -1.82. The molecule has 0 bridgehead atoms. The Bertz CT molecular complexity index is 570. The monoisotopic (exact) mass is 304 g/mol. The average molecular weight is 304 g/mol. The van der Waals surface area contributed by atoms with Gasteiger partial charge < -0.3 is 9.88 Å². The van der Waals surface area contributed by atoms with Gasteiger partial charge in [0, 0.05) is 13.1 Å². The third-order valence-electron chi connectivity index (χ3n) is 3.12. The van der Waals surface area contributed by atoms with Gasteiger partial charge in [-0.2, -0.15) is 0 Å². The van der Waals surface area contributed by atoms with Crippen molar-refractivity contribution < 1.29 is 4.79 Å². The molecule has 1 amide bonds. The highest BCUT2D eigenvalue weighted by molar-refractivity contribution is 7.99. The lowest BCUT2D eigenvalue weighted by Crippen LogP contribution is -2.34. The predicted octanol–water partition coefficient (Wildman–Crippen LogP) is 2.04. The first-order valence-corrected chi connectivity index (χ1v) is 7.94. The number of thioether (sulfide) groups is 1. The number of nitrogens with one attached hydrogen (secondary N) is 1. The Morgan fingerprint density at radius 2 is 2.14 bits per heavy atom. The molecule has 0 aliphatic rings. The Balaban J connectivity index is 1.68. The van der Waals surface area contributed by atoms with Crippen molar-refractivity contribution in [2.24, 2.45) is 7.05 Å². The van der Waals surface area contributed by atoms with Crippen molar-refractivity contribution in [2.45, 2.75) is 31.0 Å². The van der Waals surface area contributed by atoms with E-state index in [1.807, 2.05) is 32.2 Å². The second-order valence-electron chi connectivity index (χ2n) is 5.01. The molecule has 1 atom stereocenters. The summed E-state index contributed by atoms with van der Waals surface area (Å²) < 4.78 is 1.80. The maximum absolute atomic E-state index is 11.9. The smallest absolute Gasteiger partial charge is 0.230 e. The van der Waals surface area contributed by atoms with E-state index in [2.05, 4.69) is 27.6 Å². The van der Waals surface area contributed by atoms with E-state index in [-0.39, 0.29) is 11.9 Å². The Kier molecular flexibility index (Phi) is 5.80. The lowest BCUT2D eigenvalue weighted by molar-refractivity contribution is -0.119. The van der Waals surface area contributed by atoms with Gasteiger partial charge in [0.15, 0.2) is 5.16 Å². The van der Waals surface area contributed by atoms with E-state index >= 15 is 0 Å². The highest BCUT2D eigenvalue weighted by atomic mass is 32.2. The Morgan fingerprint density at radius 3 is 2.81 bits per heavy atom. The Labute approximate surface area is 129 Å². The largest absolute Gasteiger partial charge is 0.353 e. The normalized spacial score (nSPS) is 12.1. The third kappa shape index (κ3) is 5.23. The second-order valence-corrected chi connectivity index (χ2v) is 5.95. The number of hydrogen-bond donors (Lipinski definition) is 1. The van der Waals surface area contributed by atoms with Crippen LogP contribution >= 0.6 is 11.8 Å². The van der Waals surface area contributed by atoms with Crippen molar-refractivity contribution in [3.63, 3.8) is 0 Å². The van der Waals surface area contributed by atoms with Crippen LogP contribution in [0.25, 0.3) is 0 Å². The maximum atomic E-state index is 11.9. The van der Waals surface area contributed by atoms with Gasteiger partial charge in [0.25, 0.3) is 0 Å². The van der Waals surface area contributed by atoms with Gasteiger partial charge >= 0.3 is 0 Å². The molecule has 2 rings (SSSR count). The molecular weight excluding hydrogens is 284 g/mol. The summed E-state index contributed by atoms with van der Waals surface area (Å²) >= 11 is 1.40. The van der Waals surface area contributed by atoms with Gasteiger partial charge in [-0.05, 0) is 25.3 Å². The number of carbonyl (C=O) groups excluding carboxylic acids is 1. The fraction of sp³-hybridized carbons (Fsp3) is 0.400. The number of rotatable bonds is 7.